The van der Waals surface area contributed by atoms with Crippen molar-refractivity contribution in [2.75, 3.05) is 18.4 Å². The summed E-state index contributed by atoms with van der Waals surface area (Å²) in [7, 11) is 0. The lowest BCUT2D eigenvalue weighted by Gasteiger charge is -2.24. The molecule has 2 aliphatic heterocycles. The summed E-state index contributed by atoms with van der Waals surface area (Å²) in [4.78, 5) is 12.2. The van der Waals surface area contributed by atoms with Crippen LogP contribution in [0.5, 0.6) is 0 Å². The first-order valence-corrected chi connectivity index (χ1v) is 5.60. The van der Waals surface area contributed by atoms with Gasteiger partial charge in [0.15, 0.2) is 0 Å². The van der Waals surface area contributed by atoms with Crippen molar-refractivity contribution in [3.8, 4) is 0 Å². The third-order valence-corrected chi connectivity index (χ3v) is 3.45. The Morgan fingerprint density at radius 1 is 1.19 bits per heavy atom. The van der Waals surface area contributed by atoms with Crippen LogP contribution in [0.2, 0.25) is 0 Å². The summed E-state index contributed by atoms with van der Waals surface area (Å²) < 4.78 is 0. The highest BCUT2D eigenvalue weighted by molar-refractivity contribution is 6.06. The molecule has 3 rings (SSSR count). The Bertz CT molecular complexity index is 467. The van der Waals surface area contributed by atoms with E-state index in [4.69, 9.17) is 0 Å². The summed E-state index contributed by atoms with van der Waals surface area (Å²) in [5, 5.41) is 6.28. The third kappa shape index (κ3) is 1.21. The molecule has 0 fully saturated rings. The smallest absolute Gasteiger partial charge is 0.236 e. The van der Waals surface area contributed by atoms with E-state index in [-0.39, 0.29) is 5.91 Å². The molecule has 0 saturated carbocycles. The average Bonchev–Trinajstić information content (AvgIpc) is 2.49. The second kappa shape index (κ2) is 3.46. The molecule has 1 amide bonds. The highest BCUT2D eigenvalue weighted by atomic mass is 16.2. The maximum absolute atomic E-state index is 12.2. The van der Waals surface area contributed by atoms with Crippen LogP contribution in [0.25, 0.3) is 0 Å². The van der Waals surface area contributed by atoms with Gasteiger partial charge in [-0.15, -0.1) is 0 Å². The van der Waals surface area contributed by atoms with Crippen LogP contribution in [0, 0.1) is 0 Å². The number of nitrogens with one attached hydrogen (secondary N) is 2. The number of anilines is 1. The minimum absolute atomic E-state index is 0.118. The van der Waals surface area contributed by atoms with E-state index in [1.165, 1.54) is 0 Å². The molecule has 0 saturated heterocycles. The van der Waals surface area contributed by atoms with Gasteiger partial charge in [0, 0.05) is 18.8 Å². The van der Waals surface area contributed by atoms with Gasteiger partial charge in [0.05, 0.1) is 5.41 Å². The number of hydrogen-bond acceptors (Lipinski definition) is 2. The van der Waals surface area contributed by atoms with Crippen LogP contribution in [-0.4, -0.2) is 19.0 Å². The molecular weight excluding hydrogens is 200 g/mol. The lowest BCUT2D eigenvalue weighted by molar-refractivity contribution is -0.120. The zero-order chi connectivity index (χ0) is 11.0. The molecule has 2 aliphatic rings. The van der Waals surface area contributed by atoms with E-state index >= 15 is 0 Å². The number of hydrogen-bond donors (Lipinski definition) is 2. The third-order valence-electron chi connectivity index (χ3n) is 3.45. The summed E-state index contributed by atoms with van der Waals surface area (Å²) in [6.45, 7) is 1.56. The Kier molecular flexibility index (Phi) is 2.07. The van der Waals surface area contributed by atoms with E-state index in [0.29, 0.717) is 6.54 Å². The highest BCUT2D eigenvalue weighted by Gasteiger charge is 2.45. The zero-order valence-corrected chi connectivity index (χ0v) is 8.99. The van der Waals surface area contributed by atoms with Crippen LogP contribution in [0.3, 0.4) is 0 Å². The Hall–Kier alpha value is -1.61. The fourth-order valence-corrected chi connectivity index (χ4v) is 2.56. The molecule has 1 aromatic rings. The van der Waals surface area contributed by atoms with E-state index in [0.717, 1.165) is 24.2 Å². The standard InChI is InChI=1S/C13H14N2O/c16-12-13(7-3-4-8-14-9-13)10-5-1-2-6-11(10)15-12/h1-6,14H,7-9H2,(H,15,16). The summed E-state index contributed by atoms with van der Waals surface area (Å²) in [5.74, 6) is 0.118. The molecule has 1 spiro atoms. The van der Waals surface area contributed by atoms with Crippen molar-refractivity contribution in [1.29, 1.82) is 0 Å². The predicted octanol–water partition coefficient (Wildman–Crippen LogP) is 1.43. The molecule has 2 N–H and O–H groups in total. The van der Waals surface area contributed by atoms with E-state index < -0.39 is 5.41 Å². The molecule has 16 heavy (non-hydrogen) atoms. The molecule has 0 bridgehead atoms. The summed E-state index contributed by atoms with van der Waals surface area (Å²) >= 11 is 0. The van der Waals surface area contributed by atoms with Crippen molar-refractivity contribution in [1.82, 2.24) is 5.32 Å². The van der Waals surface area contributed by atoms with Crippen LogP contribution < -0.4 is 10.6 Å². The minimum Gasteiger partial charge on any atom is -0.325 e. The molecule has 0 radical (unpaired) electrons. The normalized spacial score (nSPS) is 27.6. The van der Waals surface area contributed by atoms with Gasteiger partial charge in [0.2, 0.25) is 5.91 Å². The maximum atomic E-state index is 12.2. The van der Waals surface area contributed by atoms with Crippen molar-refractivity contribution in [2.45, 2.75) is 11.8 Å². The van der Waals surface area contributed by atoms with Crippen molar-refractivity contribution in [3.63, 3.8) is 0 Å². The summed E-state index contributed by atoms with van der Waals surface area (Å²) in [6, 6.07) is 7.97. The molecule has 3 nitrogen and oxygen atoms in total. The van der Waals surface area contributed by atoms with Crippen LogP contribution >= 0.6 is 0 Å². The summed E-state index contributed by atoms with van der Waals surface area (Å²) in [6.07, 6.45) is 4.97. The molecule has 0 aromatic heterocycles. The monoisotopic (exact) mass is 214 g/mol. The van der Waals surface area contributed by atoms with Gasteiger partial charge < -0.3 is 10.6 Å². The van der Waals surface area contributed by atoms with E-state index in [1.54, 1.807) is 0 Å². The highest BCUT2D eigenvalue weighted by Crippen LogP contribution is 2.40. The molecule has 3 heteroatoms. The van der Waals surface area contributed by atoms with E-state index in [2.05, 4.69) is 22.8 Å². The molecule has 1 unspecified atom stereocenters. The van der Waals surface area contributed by atoms with Gasteiger partial charge in [-0.1, -0.05) is 30.4 Å². The number of benzene rings is 1. The number of fused-ring (bicyclic) bond motifs is 2. The van der Waals surface area contributed by atoms with Gasteiger partial charge in [-0.2, -0.15) is 0 Å². The van der Waals surface area contributed by atoms with Crippen LogP contribution in [-0.2, 0) is 10.2 Å². The van der Waals surface area contributed by atoms with Gasteiger partial charge in [-0.05, 0) is 18.1 Å². The van der Waals surface area contributed by atoms with Gasteiger partial charge in [0.25, 0.3) is 0 Å². The van der Waals surface area contributed by atoms with Crippen LogP contribution in [0.15, 0.2) is 36.4 Å². The van der Waals surface area contributed by atoms with E-state index in [1.807, 2.05) is 24.3 Å². The van der Waals surface area contributed by atoms with Gasteiger partial charge in [0.1, 0.15) is 0 Å². The minimum atomic E-state index is -0.399. The zero-order valence-electron chi connectivity index (χ0n) is 8.99. The van der Waals surface area contributed by atoms with Crippen LogP contribution in [0.1, 0.15) is 12.0 Å². The fraction of sp³-hybridized carbons (Fsp3) is 0.308. The quantitative estimate of drug-likeness (QED) is 0.641. The number of carbonyl (C=O) groups excluding carboxylic acids is 1. The molecule has 82 valence electrons. The molecule has 1 atom stereocenters. The summed E-state index contributed by atoms with van der Waals surface area (Å²) in [5.41, 5.74) is 1.69. The second-order valence-corrected chi connectivity index (χ2v) is 4.39. The Labute approximate surface area is 94.5 Å². The van der Waals surface area contributed by atoms with Gasteiger partial charge in [-0.25, -0.2) is 0 Å². The maximum Gasteiger partial charge on any atom is 0.236 e. The Balaban J connectivity index is 2.12. The van der Waals surface area contributed by atoms with E-state index in [9.17, 15) is 4.79 Å². The Morgan fingerprint density at radius 3 is 3.00 bits per heavy atom. The number of para-hydroxylation sites is 1. The van der Waals surface area contributed by atoms with Crippen LogP contribution in [0.4, 0.5) is 5.69 Å². The number of allylic oxidation sites excluding steroid dienone is 1. The largest absolute Gasteiger partial charge is 0.325 e. The average molecular weight is 214 g/mol. The first-order chi connectivity index (χ1) is 7.83. The fourth-order valence-electron chi connectivity index (χ4n) is 2.56. The van der Waals surface area contributed by atoms with Crippen molar-refractivity contribution in [3.05, 3.63) is 42.0 Å². The number of carbonyl (C=O) groups is 1. The van der Waals surface area contributed by atoms with Gasteiger partial charge in [-0.3, -0.25) is 4.79 Å². The molecule has 1 aromatic carbocycles. The molecule has 2 heterocycles. The Morgan fingerprint density at radius 2 is 2.06 bits per heavy atom. The second-order valence-electron chi connectivity index (χ2n) is 4.39. The SMILES string of the molecule is O=C1Nc2ccccc2C12CC=CCNC2. The predicted molar refractivity (Wildman–Crippen MR) is 63.4 cm³/mol. The van der Waals surface area contributed by atoms with Crippen molar-refractivity contribution < 1.29 is 4.79 Å². The van der Waals surface area contributed by atoms with Crippen molar-refractivity contribution in [2.24, 2.45) is 0 Å². The van der Waals surface area contributed by atoms with Gasteiger partial charge >= 0.3 is 0 Å². The molecular formula is C13H14N2O. The number of rotatable bonds is 0. The first kappa shape index (κ1) is 9.60. The molecule has 0 aliphatic carbocycles. The lowest BCUT2D eigenvalue weighted by Crippen LogP contribution is -2.42. The number of amides is 1. The van der Waals surface area contributed by atoms with Crippen molar-refractivity contribution >= 4 is 11.6 Å². The lowest BCUT2D eigenvalue weighted by atomic mass is 9.79. The topological polar surface area (TPSA) is 41.1 Å². The first-order valence-electron chi connectivity index (χ1n) is 5.60.